The molecule has 0 radical (unpaired) electrons. The molecule has 5 aromatic carbocycles. The average Bonchev–Trinajstić information content (AvgIpc) is 3.58. The highest BCUT2D eigenvalue weighted by Crippen LogP contribution is 2.50. The van der Waals surface area contributed by atoms with E-state index in [1.807, 2.05) is 12.3 Å². The van der Waals surface area contributed by atoms with Crippen LogP contribution in [0, 0.1) is 0 Å². The second kappa shape index (κ2) is 10.7. The Morgan fingerprint density at radius 2 is 1.38 bits per heavy atom. The molecule has 0 N–H and O–H groups in total. The van der Waals surface area contributed by atoms with Gasteiger partial charge >= 0.3 is 0 Å². The summed E-state index contributed by atoms with van der Waals surface area (Å²) in [5.41, 5.74) is 12.5. The molecule has 0 saturated carbocycles. The number of fused-ring (bicyclic) bond motifs is 6. The molecule has 2 heterocycles. The van der Waals surface area contributed by atoms with Crippen molar-refractivity contribution in [1.82, 2.24) is 9.55 Å². The van der Waals surface area contributed by atoms with Crippen LogP contribution < -0.4 is 4.90 Å². The number of anilines is 3. The number of nitrogens with zero attached hydrogens (tertiary/aromatic N) is 3. The molecule has 0 saturated heterocycles. The van der Waals surface area contributed by atoms with Gasteiger partial charge in [0.15, 0.2) is 0 Å². The minimum absolute atomic E-state index is 0.0761. The standard InChI is InChI=1S/C44H35N3/c1-44(2)39-16-8-6-14-35(39)36-25-24-34(29-40(36)44)46(43-18-10-11-27-45-43)33-22-19-30(20-23-33)31-21-26-42-38(28-31)37-15-7-9-17-41(37)47(42)32-12-4-3-5-13-32/h3-12,14-29,32H,13H2,1-2H3. The van der Waals surface area contributed by atoms with Crippen LogP contribution in [0.5, 0.6) is 0 Å². The summed E-state index contributed by atoms with van der Waals surface area (Å²) < 4.78 is 2.50. The molecule has 0 bridgehead atoms. The van der Waals surface area contributed by atoms with Gasteiger partial charge in [0.25, 0.3) is 0 Å². The van der Waals surface area contributed by atoms with Crippen LogP contribution in [0.3, 0.4) is 0 Å². The molecule has 3 nitrogen and oxygen atoms in total. The molecule has 2 aliphatic carbocycles. The molecule has 1 atom stereocenters. The van der Waals surface area contributed by atoms with Gasteiger partial charge in [-0.2, -0.15) is 0 Å². The van der Waals surface area contributed by atoms with Gasteiger partial charge in [0, 0.05) is 44.8 Å². The maximum atomic E-state index is 4.80. The van der Waals surface area contributed by atoms with Crippen molar-refractivity contribution in [1.29, 1.82) is 0 Å². The van der Waals surface area contributed by atoms with Gasteiger partial charge in [0.05, 0.1) is 6.04 Å². The van der Waals surface area contributed by atoms with E-state index < -0.39 is 0 Å². The number of pyridine rings is 1. The van der Waals surface area contributed by atoms with Crippen LogP contribution >= 0.6 is 0 Å². The van der Waals surface area contributed by atoms with Crippen LogP contribution in [-0.2, 0) is 5.41 Å². The van der Waals surface area contributed by atoms with Crippen LogP contribution in [0.4, 0.5) is 17.2 Å². The van der Waals surface area contributed by atoms with Crippen molar-refractivity contribution in [2.45, 2.75) is 31.7 Å². The van der Waals surface area contributed by atoms with Gasteiger partial charge in [-0.1, -0.05) is 111 Å². The van der Waals surface area contributed by atoms with E-state index in [1.54, 1.807) is 0 Å². The van der Waals surface area contributed by atoms with Crippen molar-refractivity contribution >= 4 is 39.0 Å². The molecule has 47 heavy (non-hydrogen) atoms. The Labute approximate surface area is 275 Å². The maximum absolute atomic E-state index is 4.80. The van der Waals surface area contributed by atoms with E-state index in [0.717, 1.165) is 23.6 Å². The van der Waals surface area contributed by atoms with E-state index >= 15 is 0 Å². The lowest BCUT2D eigenvalue weighted by Crippen LogP contribution is -2.16. The number of hydrogen-bond donors (Lipinski definition) is 0. The van der Waals surface area contributed by atoms with Gasteiger partial charge < -0.3 is 4.57 Å². The van der Waals surface area contributed by atoms with Crippen molar-refractivity contribution in [3.63, 3.8) is 0 Å². The molecule has 1 unspecified atom stereocenters. The van der Waals surface area contributed by atoms with E-state index in [-0.39, 0.29) is 5.41 Å². The molecule has 226 valence electrons. The minimum atomic E-state index is -0.0761. The van der Waals surface area contributed by atoms with Crippen molar-refractivity contribution in [2.75, 3.05) is 4.90 Å². The fourth-order valence-corrected chi connectivity index (χ4v) is 7.83. The molecule has 0 spiro atoms. The third-order valence-electron chi connectivity index (χ3n) is 10.2. The number of aromatic nitrogens is 2. The Kier molecular flexibility index (Phi) is 6.29. The van der Waals surface area contributed by atoms with Crippen molar-refractivity contribution < 1.29 is 0 Å². The van der Waals surface area contributed by atoms with Gasteiger partial charge in [-0.15, -0.1) is 0 Å². The summed E-state index contributed by atoms with van der Waals surface area (Å²) in [7, 11) is 0. The zero-order valence-corrected chi connectivity index (χ0v) is 26.6. The summed E-state index contributed by atoms with van der Waals surface area (Å²) in [5, 5.41) is 2.59. The second-order valence-electron chi connectivity index (χ2n) is 13.2. The zero-order valence-electron chi connectivity index (χ0n) is 26.6. The first-order valence-electron chi connectivity index (χ1n) is 16.5. The fraction of sp³-hybridized carbons (Fsp3) is 0.114. The topological polar surface area (TPSA) is 21.1 Å². The Balaban J connectivity index is 1.12. The molecule has 9 rings (SSSR count). The van der Waals surface area contributed by atoms with E-state index in [4.69, 9.17) is 4.98 Å². The lowest BCUT2D eigenvalue weighted by atomic mass is 9.82. The van der Waals surface area contributed by atoms with Crippen LogP contribution in [0.1, 0.15) is 37.4 Å². The van der Waals surface area contributed by atoms with Crippen LogP contribution in [-0.4, -0.2) is 9.55 Å². The Bertz CT molecular complexity index is 2360. The average molecular weight is 606 g/mol. The van der Waals surface area contributed by atoms with Crippen molar-refractivity contribution in [3.05, 3.63) is 169 Å². The van der Waals surface area contributed by atoms with Crippen LogP contribution in [0.25, 0.3) is 44.1 Å². The summed E-state index contributed by atoms with van der Waals surface area (Å²) in [4.78, 5) is 7.07. The zero-order chi connectivity index (χ0) is 31.5. The highest BCUT2D eigenvalue weighted by atomic mass is 15.2. The molecule has 3 heteroatoms. The van der Waals surface area contributed by atoms with E-state index in [9.17, 15) is 0 Å². The lowest BCUT2D eigenvalue weighted by Gasteiger charge is -2.27. The normalized spacial score (nSPS) is 16.0. The number of allylic oxidation sites excluding steroid dienone is 4. The third kappa shape index (κ3) is 4.38. The third-order valence-corrected chi connectivity index (χ3v) is 10.2. The molecular weight excluding hydrogens is 571 g/mol. The van der Waals surface area contributed by atoms with E-state index in [2.05, 4.69) is 169 Å². The summed E-state index contributed by atoms with van der Waals surface area (Å²) in [6.07, 6.45) is 11.8. The first-order chi connectivity index (χ1) is 23.1. The SMILES string of the molecule is CC1(C)c2ccccc2-c2ccc(N(c3ccc(-c4ccc5c(c4)c4ccccc4n5C4C=CC=CC4)cc3)c3ccccn3)cc21. The van der Waals surface area contributed by atoms with Gasteiger partial charge in [-0.25, -0.2) is 4.98 Å². The fourth-order valence-electron chi connectivity index (χ4n) is 7.83. The molecule has 2 aliphatic rings. The van der Waals surface area contributed by atoms with Gasteiger partial charge in [0.2, 0.25) is 0 Å². The van der Waals surface area contributed by atoms with Crippen LogP contribution in [0.2, 0.25) is 0 Å². The summed E-state index contributed by atoms with van der Waals surface area (Å²) in [5.74, 6) is 0.898. The number of rotatable bonds is 5. The van der Waals surface area contributed by atoms with Crippen molar-refractivity contribution in [3.8, 4) is 22.3 Å². The molecule has 2 aromatic heterocycles. The summed E-state index contributed by atoms with van der Waals surface area (Å²) >= 11 is 0. The van der Waals surface area contributed by atoms with Crippen molar-refractivity contribution in [2.24, 2.45) is 0 Å². The smallest absolute Gasteiger partial charge is 0.137 e. The first-order valence-corrected chi connectivity index (χ1v) is 16.5. The van der Waals surface area contributed by atoms with Crippen LogP contribution in [0.15, 0.2) is 158 Å². The predicted octanol–water partition coefficient (Wildman–Crippen LogP) is 11.7. The molecule has 0 aliphatic heterocycles. The van der Waals surface area contributed by atoms with Gasteiger partial charge in [0.1, 0.15) is 5.82 Å². The highest BCUT2D eigenvalue weighted by molar-refractivity contribution is 6.09. The van der Waals surface area contributed by atoms with Gasteiger partial charge in [-0.3, -0.25) is 4.90 Å². The number of para-hydroxylation sites is 1. The number of benzene rings is 5. The summed E-state index contributed by atoms with van der Waals surface area (Å²) in [6.45, 7) is 4.66. The molecular formula is C44H35N3. The Morgan fingerprint density at radius 3 is 2.21 bits per heavy atom. The molecule has 0 fully saturated rings. The second-order valence-corrected chi connectivity index (χ2v) is 13.2. The largest absolute Gasteiger partial charge is 0.333 e. The Morgan fingerprint density at radius 1 is 0.638 bits per heavy atom. The predicted molar refractivity (Wildman–Crippen MR) is 197 cm³/mol. The van der Waals surface area contributed by atoms with E-state index in [1.165, 1.54) is 55.2 Å². The highest BCUT2D eigenvalue weighted by Gasteiger charge is 2.35. The Hall–Kier alpha value is -5.67. The number of hydrogen-bond acceptors (Lipinski definition) is 2. The minimum Gasteiger partial charge on any atom is -0.333 e. The van der Waals surface area contributed by atoms with E-state index in [0.29, 0.717) is 6.04 Å². The van der Waals surface area contributed by atoms with Gasteiger partial charge in [-0.05, 0) is 94.4 Å². The first kappa shape index (κ1) is 27.6. The molecule has 7 aromatic rings. The monoisotopic (exact) mass is 605 g/mol. The lowest BCUT2D eigenvalue weighted by molar-refractivity contribution is 0.648. The summed E-state index contributed by atoms with van der Waals surface area (Å²) in [6, 6.07) is 46.8. The quantitative estimate of drug-likeness (QED) is 0.195. The molecule has 0 amide bonds. The maximum Gasteiger partial charge on any atom is 0.137 e.